The molecule has 0 bridgehead atoms. The van der Waals surface area contributed by atoms with Crippen LogP contribution < -0.4 is 5.73 Å². The smallest absolute Gasteiger partial charge is 0.0950 e. The van der Waals surface area contributed by atoms with Crippen LogP contribution in [0, 0.1) is 0 Å². The fourth-order valence-corrected chi connectivity index (χ4v) is 2.43. The molecule has 2 N–H and O–H groups in total. The summed E-state index contributed by atoms with van der Waals surface area (Å²) in [6.45, 7) is 5.37. The van der Waals surface area contributed by atoms with Gasteiger partial charge in [-0.15, -0.1) is 0 Å². The predicted octanol–water partition coefficient (Wildman–Crippen LogP) is 0.451. The van der Waals surface area contributed by atoms with E-state index in [1.165, 1.54) is 0 Å². The summed E-state index contributed by atoms with van der Waals surface area (Å²) < 4.78 is 7.62. The van der Waals surface area contributed by atoms with E-state index in [0.29, 0.717) is 18.7 Å². The lowest BCUT2D eigenvalue weighted by atomic mass is 10.1. The average Bonchev–Trinajstić information content (AvgIpc) is 2.88. The average molecular weight is 238 g/mol. The number of ether oxygens (including phenoxy) is 1. The standard InChI is InChI=1S/C12H22N4O/c1-10-12(3-6-17-10)15(2)7-11-8-16(5-4-13)9-14-11/h8-10,12H,3-7,13H2,1-2H3. The molecule has 1 aromatic rings. The molecule has 1 aromatic heterocycles. The Balaban J connectivity index is 1.90. The van der Waals surface area contributed by atoms with E-state index in [1.54, 1.807) is 0 Å². The molecule has 1 fully saturated rings. The van der Waals surface area contributed by atoms with Gasteiger partial charge in [-0.05, 0) is 20.4 Å². The van der Waals surface area contributed by atoms with Crippen LogP contribution in [0.1, 0.15) is 19.0 Å². The first-order chi connectivity index (χ1) is 8.20. The molecule has 0 spiro atoms. The van der Waals surface area contributed by atoms with Gasteiger partial charge in [0.15, 0.2) is 0 Å². The number of nitrogens with two attached hydrogens (primary N) is 1. The summed E-state index contributed by atoms with van der Waals surface area (Å²) in [7, 11) is 2.14. The van der Waals surface area contributed by atoms with Crippen LogP contribution in [0.15, 0.2) is 12.5 Å². The van der Waals surface area contributed by atoms with Crippen molar-refractivity contribution in [3.05, 3.63) is 18.2 Å². The Morgan fingerprint density at radius 1 is 1.65 bits per heavy atom. The Hall–Kier alpha value is -0.910. The summed E-state index contributed by atoms with van der Waals surface area (Å²) in [5, 5.41) is 0. The molecule has 17 heavy (non-hydrogen) atoms. The zero-order valence-electron chi connectivity index (χ0n) is 10.7. The summed E-state index contributed by atoms with van der Waals surface area (Å²) >= 11 is 0. The molecule has 96 valence electrons. The van der Waals surface area contributed by atoms with Gasteiger partial charge in [-0.1, -0.05) is 0 Å². The summed E-state index contributed by atoms with van der Waals surface area (Å²) in [5.41, 5.74) is 6.61. The highest BCUT2D eigenvalue weighted by atomic mass is 16.5. The zero-order chi connectivity index (χ0) is 12.3. The van der Waals surface area contributed by atoms with Crippen LogP contribution in [-0.4, -0.2) is 46.8 Å². The molecular formula is C12H22N4O. The van der Waals surface area contributed by atoms with E-state index in [4.69, 9.17) is 10.5 Å². The van der Waals surface area contributed by atoms with Gasteiger partial charge in [0.25, 0.3) is 0 Å². The lowest BCUT2D eigenvalue weighted by Crippen LogP contribution is -2.36. The normalized spacial score (nSPS) is 24.7. The van der Waals surface area contributed by atoms with Gasteiger partial charge >= 0.3 is 0 Å². The quantitative estimate of drug-likeness (QED) is 0.809. The Morgan fingerprint density at radius 2 is 2.47 bits per heavy atom. The molecule has 1 saturated heterocycles. The van der Waals surface area contributed by atoms with E-state index in [2.05, 4.69) is 30.1 Å². The van der Waals surface area contributed by atoms with Gasteiger partial charge in [0, 0.05) is 38.5 Å². The van der Waals surface area contributed by atoms with Crippen LogP contribution in [-0.2, 0) is 17.8 Å². The first kappa shape index (κ1) is 12.5. The predicted molar refractivity (Wildman–Crippen MR) is 66.6 cm³/mol. The maximum Gasteiger partial charge on any atom is 0.0950 e. The molecular weight excluding hydrogens is 216 g/mol. The molecule has 2 unspecified atom stereocenters. The van der Waals surface area contributed by atoms with E-state index >= 15 is 0 Å². The van der Waals surface area contributed by atoms with E-state index in [1.807, 2.05) is 10.9 Å². The summed E-state index contributed by atoms with van der Waals surface area (Å²) in [4.78, 5) is 6.72. The van der Waals surface area contributed by atoms with Crippen molar-refractivity contribution in [3.8, 4) is 0 Å². The van der Waals surface area contributed by atoms with Crippen molar-refractivity contribution in [3.63, 3.8) is 0 Å². The van der Waals surface area contributed by atoms with Crippen LogP contribution in [0.25, 0.3) is 0 Å². The molecule has 0 radical (unpaired) electrons. The van der Waals surface area contributed by atoms with Crippen molar-refractivity contribution < 1.29 is 4.74 Å². The summed E-state index contributed by atoms with van der Waals surface area (Å²) in [6.07, 6.45) is 5.36. The Kier molecular flexibility index (Phi) is 4.15. The molecule has 2 rings (SSSR count). The molecule has 0 saturated carbocycles. The highest BCUT2D eigenvalue weighted by Gasteiger charge is 2.27. The highest BCUT2D eigenvalue weighted by molar-refractivity contribution is 4.97. The number of hydrogen-bond donors (Lipinski definition) is 1. The summed E-state index contributed by atoms with van der Waals surface area (Å²) in [5.74, 6) is 0. The largest absolute Gasteiger partial charge is 0.377 e. The van der Waals surface area contributed by atoms with Crippen LogP contribution >= 0.6 is 0 Å². The molecule has 1 aliphatic heterocycles. The molecule has 0 aliphatic carbocycles. The topological polar surface area (TPSA) is 56.3 Å². The van der Waals surface area contributed by atoms with Crippen LogP contribution in [0.3, 0.4) is 0 Å². The lowest BCUT2D eigenvalue weighted by molar-refractivity contribution is 0.0811. The first-order valence-corrected chi connectivity index (χ1v) is 6.23. The number of imidazole rings is 1. The Labute approximate surface area is 103 Å². The van der Waals surface area contributed by atoms with E-state index in [0.717, 1.165) is 31.8 Å². The second-order valence-corrected chi connectivity index (χ2v) is 4.74. The highest BCUT2D eigenvalue weighted by Crippen LogP contribution is 2.19. The van der Waals surface area contributed by atoms with Gasteiger partial charge in [0.1, 0.15) is 0 Å². The van der Waals surface area contributed by atoms with Gasteiger partial charge < -0.3 is 15.0 Å². The fraction of sp³-hybridized carbons (Fsp3) is 0.750. The van der Waals surface area contributed by atoms with Gasteiger partial charge in [-0.2, -0.15) is 0 Å². The summed E-state index contributed by atoms with van der Waals surface area (Å²) in [6, 6.07) is 0.509. The van der Waals surface area contributed by atoms with Crippen molar-refractivity contribution in [1.29, 1.82) is 0 Å². The Morgan fingerprint density at radius 3 is 3.12 bits per heavy atom. The minimum atomic E-state index is 0.325. The number of rotatable bonds is 5. The number of nitrogens with zero attached hydrogens (tertiary/aromatic N) is 3. The monoisotopic (exact) mass is 238 g/mol. The van der Waals surface area contributed by atoms with Gasteiger partial charge in [-0.3, -0.25) is 4.90 Å². The third kappa shape index (κ3) is 3.06. The van der Waals surface area contributed by atoms with E-state index in [-0.39, 0.29) is 0 Å². The zero-order valence-corrected chi connectivity index (χ0v) is 10.7. The van der Waals surface area contributed by atoms with Crippen molar-refractivity contribution in [1.82, 2.24) is 14.5 Å². The minimum absolute atomic E-state index is 0.325. The second-order valence-electron chi connectivity index (χ2n) is 4.74. The lowest BCUT2D eigenvalue weighted by Gasteiger charge is -2.25. The third-order valence-corrected chi connectivity index (χ3v) is 3.39. The minimum Gasteiger partial charge on any atom is -0.377 e. The van der Waals surface area contributed by atoms with Crippen molar-refractivity contribution in [2.24, 2.45) is 5.73 Å². The maximum atomic E-state index is 5.58. The SMILES string of the molecule is CC1OCCC1N(C)Cc1cn(CCN)cn1. The number of hydrogen-bond acceptors (Lipinski definition) is 4. The second kappa shape index (κ2) is 5.62. The van der Waals surface area contributed by atoms with Crippen molar-refractivity contribution in [2.75, 3.05) is 20.2 Å². The molecule has 2 atom stereocenters. The van der Waals surface area contributed by atoms with Crippen LogP contribution in [0.5, 0.6) is 0 Å². The molecule has 0 amide bonds. The van der Waals surface area contributed by atoms with Crippen LogP contribution in [0.2, 0.25) is 0 Å². The third-order valence-electron chi connectivity index (χ3n) is 3.39. The molecule has 1 aliphatic rings. The molecule has 0 aromatic carbocycles. The molecule has 2 heterocycles. The van der Waals surface area contributed by atoms with Crippen molar-refractivity contribution >= 4 is 0 Å². The number of likely N-dealkylation sites (N-methyl/N-ethyl adjacent to an activating group) is 1. The molecule has 5 heteroatoms. The van der Waals surface area contributed by atoms with E-state index < -0.39 is 0 Å². The van der Waals surface area contributed by atoms with Gasteiger partial charge in [-0.25, -0.2) is 4.98 Å². The fourth-order valence-electron chi connectivity index (χ4n) is 2.43. The van der Waals surface area contributed by atoms with E-state index in [9.17, 15) is 0 Å². The molecule has 5 nitrogen and oxygen atoms in total. The van der Waals surface area contributed by atoms with Crippen LogP contribution in [0.4, 0.5) is 0 Å². The van der Waals surface area contributed by atoms with Gasteiger partial charge in [0.05, 0.1) is 18.1 Å². The van der Waals surface area contributed by atoms with Gasteiger partial charge in [0.2, 0.25) is 0 Å². The maximum absolute atomic E-state index is 5.58. The van der Waals surface area contributed by atoms with Crippen molar-refractivity contribution in [2.45, 2.75) is 38.6 Å². The first-order valence-electron chi connectivity index (χ1n) is 6.23. The number of aromatic nitrogens is 2. The Bertz CT molecular complexity index is 352.